The molecule has 2 heterocycles. The number of aromatic amines is 1. The Balaban J connectivity index is 1.81. The van der Waals surface area contributed by atoms with Crippen LogP contribution < -0.4 is 5.32 Å². The maximum Gasteiger partial charge on any atom is 0.416 e. The zero-order valence-corrected chi connectivity index (χ0v) is 10.9. The molecule has 0 saturated carbocycles. The van der Waals surface area contributed by atoms with Crippen LogP contribution in [0.25, 0.3) is 11.2 Å². The number of hydrogen-bond acceptors (Lipinski definition) is 4. The van der Waals surface area contributed by atoms with Gasteiger partial charge in [0.25, 0.3) is 0 Å². The van der Waals surface area contributed by atoms with Crippen molar-refractivity contribution >= 4 is 17.0 Å². The van der Waals surface area contributed by atoms with E-state index in [-0.39, 0.29) is 12.1 Å². The Hall–Kier alpha value is -2.71. The zero-order chi connectivity index (χ0) is 15.7. The number of benzene rings is 1. The second-order valence-electron chi connectivity index (χ2n) is 4.48. The Bertz CT molecular complexity index is 812. The monoisotopic (exact) mass is 311 g/mol. The molecule has 0 spiro atoms. The fourth-order valence-corrected chi connectivity index (χ4v) is 1.94. The molecule has 3 aromatic rings. The molecule has 0 aliphatic carbocycles. The zero-order valence-electron chi connectivity index (χ0n) is 10.9. The molecule has 2 N–H and O–H groups in total. The number of halogens is 4. The minimum atomic E-state index is -4.57. The summed E-state index contributed by atoms with van der Waals surface area (Å²) < 4.78 is 51.2. The number of nitrogens with one attached hydrogen (secondary N) is 2. The summed E-state index contributed by atoms with van der Waals surface area (Å²) in [6.45, 7) is -0.0249. The molecular formula is C13H9F4N5. The number of imidazole rings is 1. The number of aromatic nitrogens is 4. The van der Waals surface area contributed by atoms with E-state index in [1.54, 1.807) is 0 Å². The average Bonchev–Trinajstić information content (AvgIpc) is 2.94. The van der Waals surface area contributed by atoms with E-state index in [0.29, 0.717) is 23.0 Å². The fourth-order valence-electron chi connectivity index (χ4n) is 1.94. The Morgan fingerprint density at radius 1 is 1.14 bits per heavy atom. The van der Waals surface area contributed by atoms with Crippen molar-refractivity contribution in [2.24, 2.45) is 0 Å². The summed E-state index contributed by atoms with van der Waals surface area (Å²) in [5.41, 5.74) is 0.0426. The molecular weight excluding hydrogens is 302 g/mol. The normalized spacial score (nSPS) is 11.8. The quantitative estimate of drug-likeness (QED) is 0.729. The molecule has 1 aromatic carbocycles. The first kappa shape index (κ1) is 14.2. The molecule has 0 bridgehead atoms. The van der Waals surface area contributed by atoms with Crippen LogP contribution in [0.5, 0.6) is 0 Å². The summed E-state index contributed by atoms with van der Waals surface area (Å²) in [4.78, 5) is 14.7. The molecule has 0 aliphatic heterocycles. The lowest BCUT2D eigenvalue weighted by atomic mass is 10.1. The van der Waals surface area contributed by atoms with Gasteiger partial charge in [-0.25, -0.2) is 19.3 Å². The number of hydrogen-bond donors (Lipinski definition) is 2. The Morgan fingerprint density at radius 2 is 1.95 bits per heavy atom. The number of nitrogens with zero attached hydrogens (tertiary/aromatic N) is 3. The second-order valence-corrected chi connectivity index (χ2v) is 4.48. The van der Waals surface area contributed by atoms with E-state index in [1.807, 2.05) is 0 Å². The summed E-state index contributed by atoms with van der Waals surface area (Å²) in [6.07, 6.45) is -1.84. The maximum atomic E-state index is 13.7. The second kappa shape index (κ2) is 5.24. The summed E-state index contributed by atoms with van der Waals surface area (Å²) in [5.74, 6) is -0.569. The third-order valence-electron chi connectivity index (χ3n) is 3.04. The third-order valence-corrected chi connectivity index (χ3v) is 3.04. The number of anilines is 1. The van der Waals surface area contributed by atoms with Crippen molar-refractivity contribution in [3.8, 4) is 0 Å². The molecule has 5 nitrogen and oxygen atoms in total. The van der Waals surface area contributed by atoms with Crippen molar-refractivity contribution in [1.82, 2.24) is 19.9 Å². The number of H-pyrrole nitrogens is 1. The third kappa shape index (κ3) is 2.69. The number of alkyl halides is 3. The number of fused-ring (bicyclic) bond motifs is 1. The first-order valence-electron chi connectivity index (χ1n) is 6.19. The molecule has 9 heteroatoms. The van der Waals surface area contributed by atoms with Gasteiger partial charge in [0.1, 0.15) is 17.7 Å². The molecule has 2 aromatic heterocycles. The van der Waals surface area contributed by atoms with Gasteiger partial charge in [-0.05, 0) is 12.1 Å². The van der Waals surface area contributed by atoms with Crippen LogP contribution in [0.15, 0.2) is 30.9 Å². The van der Waals surface area contributed by atoms with Crippen molar-refractivity contribution in [3.63, 3.8) is 0 Å². The molecule has 0 saturated heterocycles. The molecule has 0 fully saturated rings. The van der Waals surface area contributed by atoms with Crippen molar-refractivity contribution in [3.05, 3.63) is 47.8 Å². The predicted octanol–water partition coefficient (Wildman–Crippen LogP) is 3.12. The van der Waals surface area contributed by atoms with E-state index in [4.69, 9.17) is 0 Å². The highest BCUT2D eigenvalue weighted by atomic mass is 19.4. The standard InChI is InChI=1S/C13H9F4N5/c14-9-3-8(13(15,16)17)2-1-7(9)4-18-11-10-12(20-5-19-10)22-6-21-11/h1-3,5-6H,4H2,(H2,18,19,20,21,22). The lowest BCUT2D eigenvalue weighted by Crippen LogP contribution is -2.08. The SMILES string of the molecule is Fc1cc(C(F)(F)F)ccc1CNc1ncnc2[nH]cnc12. The van der Waals surface area contributed by atoms with E-state index in [2.05, 4.69) is 25.3 Å². The first-order chi connectivity index (χ1) is 10.4. The van der Waals surface area contributed by atoms with E-state index in [0.717, 1.165) is 12.1 Å². The lowest BCUT2D eigenvalue weighted by Gasteiger charge is -2.10. The molecule has 0 amide bonds. The van der Waals surface area contributed by atoms with E-state index < -0.39 is 17.6 Å². The lowest BCUT2D eigenvalue weighted by molar-refractivity contribution is -0.137. The topological polar surface area (TPSA) is 66.5 Å². The van der Waals surface area contributed by atoms with Crippen LogP contribution in [-0.4, -0.2) is 19.9 Å². The highest BCUT2D eigenvalue weighted by molar-refractivity contribution is 5.81. The molecule has 0 atom stereocenters. The molecule has 3 rings (SSSR count). The van der Waals surface area contributed by atoms with Crippen molar-refractivity contribution in [2.45, 2.75) is 12.7 Å². The van der Waals surface area contributed by atoms with Crippen LogP contribution in [-0.2, 0) is 12.7 Å². The van der Waals surface area contributed by atoms with Crippen molar-refractivity contribution < 1.29 is 17.6 Å². The summed E-state index contributed by atoms with van der Waals surface area (Å²) >= 11 is 0. The van der Waals surface area contributed by atoms with Gasteiger partial charge in [0.2, 0.25) is 0 Å². The van der Waals surface area contributed by atoms with E-state index in [9.17, 15) is 17.6 Å². The van der Waals surface area contributed by atoms with Crippen LogP contribution in [0.3, 0.4) is 0 Å². The first-order valence-corrected chi connectivity index (χ1v) is 6.19. The molecule has 0 radical (unpaired) electrons. The molecule has 0 unspecified atom stereocenters. The van der Waals surface area contributed by atoms with Crippen LogP contribution >= 0.6 is 0 Å². The maximum absolute atomic E-state index is 13.7. The number of rotatable bonds is 3. The van der Waals surface area contributed by atoms with Crippen LogP contribution in [0.4, 0.5) is 23.4 Å². The largest absolute Gasteiger partial charge is 0.416 e. The minimum Gasteiger partial charge on any atom is -0.364 e. The predicted molar refractivity (Wildman–Crippen MR) is 70.4 cm³/mol. The van der Waals surface area contributed by atoms with E-state index in [1.165, 1.54) is 12.7 Å². The molecule has 22 heavy (non-hydrogen) atoms. The van der Waals surface area contributed by atoms with Gasteiger partial charge in [-0.3, -0.25) is 0 Å². The Labute approximate surface area is 121 Å². The summed E-state index contributed by atoms with van der Waals surface area (Å²) in [5, 5.41) is 2.83. The van der Waals surface area contributed by atoms with E-state index >= 15 is 0 Å². The van der Waals surface area contributed by atoms with Crippen LogP contribution in [0.1, 0.15) is 11.1 Å². The molecule has 114 valence electrons. The fraction of sp³-hybridized carbons (Fsp3) is 0.154. The highest BCUT2D eigenvalue weighted by Gasteiger charge is 2.31. The van der Waals surface area contributed by atoms with Gasteiger partial charge in [-0.2, -0.15) is 13.2 Å². The minimum absolute atomic E-state index is 0.0249. The van der Waals surface area contributed by atoms with Gasteiger partial charge >= 0.3 is 6.18 Å². The highest BCUT2D eigenvalue weighted by Crippen LogP contribution is 2.30. The average molecular weight is 311 g/mol. The Morgan fingerprint density at radius 3 is 2.68 bits per heavy atom. The van der Waals surface area contributed by atoms with Gasteiger partial charge in [0, 0.05) is 12.1 Å². The van der Waals surface area contributed by atoms with Crippen molar-refractivity contribution in [1.29, 1.82) is 0 Å². The summed E-state index contributed by atoms with van der Waals surface area (Å²) in [6, 6.07) is 2.40. The smallest absolute Gasteiger partial charge is 0.364 e. The van der Waals surface area contributed by atoms with Crippen molar-refractivity contribution in [2.75, 3.05) is 5.32 Å². The molecule has 0 aliphatic rings. The van der Waals surface area contributed by atoms with Gasteiger partial charge in [-0.1, -0.05) is 6.07 Å². The van der Waals surface area contributed by atoms with Gasteiger partial charge in [-0.15, -0.1) is 0 Å². The summed E-state index contributed by atoms with van der Waals surface area (Å²) in [7, 11) is 0. The van der Waals surface area contributed by atoms with Gasteiger partial charge < -0.3 is 10.3 Å². The van der Waals surface area contributed by atoms with Gasteiger partial charge in [0.05, 0.1) is 11.9 Å². The Kier molecular flexibility index (Phi) is 3.39. The van der Waals surface area contributed by atoms with Gasteiger partial charge in [0.15, 0.2) is 11.5 Å². The van der Waals surface area contributed by atoms with Crippen LogP contribution in [0, 0.1) is 5.82 Å². The van der Waals surface area contributed by atoms with Crippen LogP contribution in [0.2, 0.25) is 0 Å².